The van der Waals surface area contributed by atoms with E-state index in [4.69, 9.17) is 0 Å². The maximum atomic E-state index is 13.1. The summed E-state index contributed by atoms with van der Waals surface area (Å²) in [5.74, 6) is -2.23. The number of aromatic nitrogens is 1. The first-order chi connectivity index (χ1) is 16.0. The molecule has 0 bridgehead atoms. The number of aliphatic hydroxyl groups excluding tert-OH is 1. The average molecular weight is 495 g/mol. The van der Waals surface area contributed by atoms with Gasteiger partial charge in [0.25, 0.3) is 16.0 Å². The van der Waals surface area contributed by atoms with Crippen molar-refractivity contribution in [3.8, 4) is 0 Å². The van der Waals surface area contributed by atoms with Crippen molar-refractivity contribution < 1.29 is 32.5 Å². The van der Waals surface area contributed by atoms with Gasteiger partial charge in [0.15, 0.2) is 0 Å². The maximum Gasteiger partial charge on any atom is 0.294 e. The van der Waals surface area contributed by atoms with Crippen LogP contribution in [0, 0.1) is 11.8 Å². The summed E-state index contributed by atoms with van der Waals surface area (Å²) in [6.07, 6.45) is 0.440. The van der Waals surface area contributed by atoms with Crippen LogP contribution in [0.2, 0.25) is 0 Å². The van der Waals surface area contributed by atoms with E-state index in [-0.39, 0.29) is 30.4 Å². The Bertz CT molecular complexity index is 1130. The maximum absolute atomic E-state index is 13.1. The van der Waals surface area contributed by atoms with Crippen LogP contribution in [0.15, 0.2) is 30.3 Å². The third kappa shape index (κ3) is 6.33. The Kier molecular flexibility index (Phi) is 7.95. The normalized spacial score (nSPS) is 19.0. The number of aliphatic hydroxyl groups is 1. The fourth-order valence-corrected chi connectivity index (χ4v) is 4.64. The molecule has 4 atom stereocenters. The van der Waals surface area contributed by atoms with Gasteiger partial charge in [-0.2, -0.15) is 8.42 Å². The molecule has 0 saturated carbocycles. The summed E-state index contributed by atoms with van der Waals surface area (Å²) in [7, 11) is -4.92. The van der Waals surface area contributed by atoms with E-state index < -0.39 is 45.4 Å². The van der Waals surface area contributed by atoms with Crippen molar-refractivity contribution in [1.82, 2.24) is 20.9 Å². The predicted molar refractivity (Wildman–Crippen MR) is 124 cm³/mol. The van der Waals surface area contributed by atoms with Crippen LogP contribution in [0.1, 0.15) is 43.6 Å². The van der Waals surface area contributed by atoms with Gasteiger partial charge in [-0.25, -0.2) is 0 Å². The average Bonchev–Trinajstić information content (AvgIpc) is 3.37. The summed E-state index contributed by atoms with van der Waals surface area (Å²) >= 11 is 0. The Morgan fingerprint density at radius 1 is 1.21 bits per heavy atom. The van der Waals surface area contributed by atoms with Crippen LogP contribution in [0.4, 0.5) is 0 Å². The number of aromatic amines is 1. The monoisotopic (exact) mass is 494 g/mol. The van der Waals surface area contributed by atoms with Crippen molar-refractivity contribution in [3.05, 3.63) is 36.0 Å². The number of fused-ring (bicyclic) bond motifs is 1. The highest BCUT2D eigenvalue weighted by Gasteiger charge is 2.37. The lowest BCUT2D eigenvalue weighted by Crippen LogP contribution is -2.54. The molecular formula is C22H30N4O7S. The zero-order chi connectivity index (χ0) is 25.0. The van der Waals surface area contributed by atoms with E-state index in [9.17, 15) is 32.5 Å². The van der Waals surface area contributed by atoms with Gasteiger partial charge in [0, 0.05) is 23.4 Å². The topological polar surface area (TPSA) is 178 Å². The summed E-state index contributed by atoms with van der Waals surface area (Å²) in [6, 6.07) is 6.45. The van der Waals surface area contributed by atoms with Crippen molar-refractivity contribution in [2.24, 2.45) is 11.8 Å². The second kappa shape index (κ2) is 10.5. The SMILES string of the molecule is CC(C)C[C@H](NC(=O)c1cc2ccccc2[nH]1)C(=O)N[C@@H](C[C@@H]1CCNC1=O)C(O)S(=O)(=O)O. The Morgan fingerprint density at radius 2 is 1.91 bits per heavy atom. The molecule has 34 heavy (non-hydrogen) atoms. The van der Waals surface area contributed by atoms with E-state index >= 15 is 0 Å². The molecule has 3 amide bonds. The molecular weight excluding hydrogens is 464 g/mol. The van der Waals surface area contributed by atoms with Crippen LogP contribution < -0.4 is 16.0 Å². The minimum absolute atomic E-state index is 0.00989. The fraction of sp³-hybridized carbons (Fsp3) is 0.500. The van der Waals surface area contributed by atoms with Crippen LogP contribution in [0.5, 0.6) is 0 Å². The lowest BCUT2D eigenvalue weighted by molar-refractivity contribution is -0.126. The zero-order valence-electron chi connectivity index (χ0n) is 18.9. The van der Waals surface area contributed by atoms with Crippen LogP contribution in [0.25, 0.3) is 10.9 Å². The molecule has 186 valence electrons. The molecule has 12 heteroatoms. The Morgan fingerprint density at radius 3 is 2.50 bits per heavy atom. The summed E-state index contributed by atoms with van der Waals surface area (Å²) in [5.41, 5.74) is -1.32. The van der Waals surface area contributed by atoms with Gasteiger partial charge < -0.3 is 26.0 Å². The lowest BCUT2D eigenvalue weighted by atomic mass is 9.97. The Balaban J connectivity index is 1.78. The molecule has 0 aliphatic carbocycles. The molecule has 1 aromatic carbocycles. The summed E-state index contributed by atoms with van der Waals surface area (Å²) in [5, 5.41) is 18.7. The molecule has 2 heterocycles. The number of rotatable bonds is 10. The van der Waals surface area contributed by atoms with E-state index in [1.54, 1.807) is 6.07 Å². The second-order valence-electron chi connectivity index (χ2n) is 8.96. The molecule has 6 N–H and O–H groups in total. The largest absolute Gasteiger partial charge is 0.374 e. The number of hydrogen-bond acceptors (Lipinski definition) is 6. The molecule has 1 unspecified atom stereocenters. The summed E-state index contributed by atoms with van der Waals surface area (Å²) < 4.78 is 32.5. The van der Waals surface area contributed by atoms with Gasteiger partial charge in [0.2, 0.25) is 17.3 Å². The van der Waals surface area contributed by atoms with Gasteiger partial charge in [-0.15, -0.1) is 0 Å². The molecule has 1 saturated heterocycles. The van der Waals surface area contributed by atoms with Crippen LogP contribution in [-0.4, -0.2) is 64.8 Å². The van der Waals surface area contributed by atoms with E-state index in [1.165, 1.54) is 0 Å². The van der Waals surface area contributed by atoms with Crippen molar-refractivity contribution >= 4 is 38.7 Å². The summed E-state index contributed by atoms with van der Waals surface area (Å²) in [4.78, 5) is 40.9. The number of benzene rings is 1. The number of hydrogen-bond donors (Lipinski definition) is 6. The molecule has 1 aliphatic rings. The Labute approximate surface area is 197 Å². The third-order valence-corrected chi connectivity index (χ3v) is 6.72. The van der Waals surface area contributed by atoms with E-state index in [2.05, 4.69) is 20.9 Å². The van der Waals surface area contributed by atoms with Crippen molar-refractivity contribution in [1.29, 1.82) is 0 Å². The molecule has 1 aromatic heterocycles. The fourth-order valence-electron chi connectivity index (χ4n) is 4.05. The minimum atomic E-state index is -4.92. The third-order valence-electron chi connectivity index (χ3n) is 5.78. The van der Waals surface area contributed by atoms with Gasteiger partial charge in [-0.3, -0.25) is 18.9 Å². The summed E-state index contributed by atoms with van der Waals surface area (Å²) in [6.45, 7) is 4.09. The van der Waals surface area contributed by atoms with Crippen molar-refractivity contribution in [3.63, 3.8) is 0 Å². The quantitative estimate of drug-likeness (QED) is 0.261. The number of H-pyrrole nitrogens is 1. The second-order valence-corrected chi connectivity index (χ2v) is 10.5. The number of para-hydroxylation sites is 1. The van der Waals surface area contributed by atoms with Gasteiger partial charge >= 0.3 is 0 Å². The van der Waals surface area contributed by atoms with Gasteiger partial charge in [0.1, 0.15) is 11.7 Å². The minimum Gasteiger partial charge on any atom is -0.374 e. The van der Waals surface area contributed by atoms with Crippen LogP contribution >= 0.6 is 0 Å². The number of carbonyl (C=O) groups excluding carboxylic acids is 3. The van der Waals surface area contributed by atoms with Gasteiger partial charge in [0.05, 0.1) is 6.04 Å². The molecule has 1 aliphatic heterocycles. The lowest BCUT2D eigenvalue weighted by Gasteiger charge is -2.27. The first kappa shape index (κ1) is 25.7. The first-order valence-electron chi connectivity index (χ1n) is 11.1. The van der Waals surface area contributed by atoms with E-state index in [1.807, 2.05) is 38.1 Å². The van der Waals surface area contributed by atoms with Gasteiger partial charge in [-0.05, 0) is 37.3 Å². The zero-order valence-corrected chi connectivity index (χ0v) is 19.8. The number of carbonyl (C=O) groups is 3. The predicted octanol–water partition coefficient (Wildman–Crippen LogP) is 0.530. The highest BCUT2D eigenvalue weighted by molar-refractivity contribution is 7.86. The highest BCUT2D eigenvalue weighted by atomic mass is 32.2. The molecule has 2 aromatic rings. The molecule has 1 fully saturated rings. The molecule has 11 nitrogen and oxygen atoms in total. The van der Waals surface area contributed by atoms with Gasteiger partial charge in [-0.1, -0.05) is 32.0 Å². The van der Waals surface area contributed by atoms with Crippen LogP contribution in [0.3, 0.4) is 0 Å². The number of nitrogens with one attached hydrogen (secondary N) is 4. The smallest absolute Gasteiger partial charge is 0.294 e. The molecule has 0 spiro atoms. The van der Waals surface area contributed by atoms with E-state index in [0.29, 0.717) is 13.0 Å². The number of amides is 3. The Hall–Kier alpha value is -2.96. The molecule has 3 rings (SSSR count). The molecule has 0 radical (unpaired) electrons. The van der Waals surface area contributed by atoms with E-state index in [0.717, 1.165) is 10.9 Å². The standard InChI is InChI=1S/C22H30N4O7S/c1-12(2)9-16(25-21(29)17-10-13-5-3-4-6-15(13)24-17)20(28)26-18(22(30)34(31,32)33)11-14-7-8-23-19(14)27/h3-6,10,12,14,16,18,22,24,30H,7-9,11H2,1-2H3,(H,23,27)(H,25,29)(H,26,28)(H,31,32,33)/t14-,16-,18-,22?/m0/s1. The highest BCUT2D eigenvalue weighted by Crippen LogP contribution is 2.20. The van der Waals surface area contributed by atoms with Crippen LogP contribution in [-0.2, 0) is 19.7 Å². The van der Waals surface area contributed by atoms with Crippen molar-refractivity contribution in [2.75, 3.05) is 6.54 Å². The first-order valence-corrected chi connectivity index (χ1v) is 12.6. The van der Waals surface area contributed by atoms with Crippen molar-refractivity contribution in [2.45, 2.75) is 50.6 Å².